The Hall–Kier alpha value is -2.06. The van der Waals surface area contributed by atoms with Gasteiger partial charge in [-0.3, -0.25) is 9.36 Å². The fourth-order valence-corrected chi connectivity index (χ4v) is 4.79. The topological polar surface area (TPSA) is 63.5 Å². The predicted octanol–water partition coefficient (Wildman–Crippen LogP) is 2.66. The molecule has 0 saturated carbocycles. The highest BCUT2D eigenvalue weighted by molar-refractivity contribution is 7.99. The summed E-state index contributed by atoms with van der Waals surface area (Å²) in [4.78, 5) is 17.0. The Labute approximate surface area is 176 Å². The molecule has 0 unspecified atom stereocenters. The molecule has 0 radical (unpaired) electrons. The molecule has 1 aromatic carbocycles. The number of hydrogen-bond donors (Lipinski definition) is 0. The van der Waals surface area contributed by atoms with E-state index in [9.17, 15) is 4.79 Å². The van der Waals surface area contributed by atoms with E-state index in [1.165, 1.54) is 23.7 Å². The second-order valence-corrected chi connectivity index (χ2v) is 8.62. The number of piperidine rings is 1. The predicted molar refractivity (Wildman–Crippen MR) is 114 cm³/mol. The zero-order valence-electron chi connectivity index (χ0n) is 17.0. The van der Waals surface area contributed by atoms with Gasteiger partial charge in [0.1, 0.15) is 0 Å². The van der Waals surface area contributed by atoms with Crippen LogP contribution in [0.15, 0.2) is 35.5 Å². The van der Waals surface area contributed by atoms with Crippen molar-refractivity contribution in [3.8, 4) is 0 Å². The molecule has 4 rings (SSSR count). The highest BCUT2D eigenvalue weighted by Crippen LogP contribution is 2.25. The van der Waals surface area contributed by atoms with E-state index in [1.54, 1.807) is 0 Å². The van der Waals surface area contributed by atoms with Crippen LogP contribution >= 0.6 is 11.8 Å². The molecule has 3 heterocycles. The molecular formula is C21H29N5O2S. The number of anilines is 1. The molecule has 7 nitrogen and oxygen atoms in total. The smallest absolute Gasteiger partial charge is 0.233 e. The van der Waals surface area contributed by atoms with Crippen LogP contribution in [0.3, 0.4) is 0 Å². The van der Waals surface area contributed by atoms with Crippen molar-refractivity contribution in [3.63, 3.8) is 0 Å². The van der Waals surface area contributed by atoms with Crippen molar-refractivity contribution >= 4 is 23.6 Å². The Kier molecular flexibility index (Phi) is 6.71. The summed E-state index contributed by atoms with van der Waals surface area (Å²) in [5.74, 6) is 1.46. The second-order valence-electron chi connectivity index (χ2n) is 7.67. The Bertz CT molecular complexity index is 807. The second kappa shape index (κ2) is 9.63. The largest absolute Gasteiger partial charge is 0.378 e. The first-order valence-corrected chi connectivity index (χ1v) is 11.4. The van der Waals surface area contributed by atoms with Crippen LogP contribution in [0.1, 0.15) is 31.7 Å². The summed E-state index contributed by atoms with van der Waals surface area (Å²) in [6.45, 7) is 6.73. The van der Waals surface area contributed by atoms with Gasteiger partial charge in [0.05, 0.1) is 25.5 Å². The van der Waals surface area contributed by atoms with Crippen LogP contribution in [0.4, 0.5) is 5.95 Å². The van der Waals surface area contributed by atoms with E-state index in [2.05, 4.69) is 38.7 Å². The average Bonchev–Trinajstić information content (AvgIpc) is 3.16. The standard InChI is InChI=1S/C21H29N5O2S/c1-17-7-5-6-10-25(17)19(27)16-29-21-23-22-20(24-11-13-28-14-12-24)26(21)15-18-8-3-2-4-9-18/h2-4,8-9,17H,5-7,10-16H2,1H3/t17-/m0/s1. The van der Waals surface area contributed by atoms with Crippen molar-refractivity contribution in [2.24, 2.45) is 0 Å². The lowest BCUT2D eigenvalue weighted by molar-refractivity contribution is -0.131. The number of morpholine rings is 1. The summed E-state index contributed by atoms with van der Waals surface area (Å²) in [5, 5.41) is 9.72. The van der Waals surface area contributed by atoms with Gasteiger partial charge in [-0.2, -0.15) is 0 Å². The number of ether oxygens (including phenoxy) is 1. The maximum absolute atomic E-state index is 12.8. The van der Waals surface area contributed by atoms with Crippen molar-refractivity contribution in [1.82, 2.24) is 19.7 Å². The normalized spacial score (nSPS) is 20.1. The monoisotopic (exact) mass is 415 g/mol. The van der Waals surface area contributed by atoms with Gasteiger partial charge in [0.25, 0.3) is 0 Å². The first kappa shape index (κ1) is 20.2. The lowest BCUT2D eigenvalue weighted by Gasteiger charge is -2.33. The highest BCUT2D eigenvalue weighted by atomic mass is 32.2. The van der Waals surface area contributed by atoms with Crippen molar-refractivity contribution in [1.29, 1.82) is 0 Å². The summed E-state index contributed by atoms with van der Waals surface area (Å²) in [5.41, 5.74) is 1.19. The van der Waals surface area contributed by atoms with Gasteiger partial charge in [-0.05, 0) is 31.7 Å². The average molecular weight is 416 g/mol. The fraction of sp³-hybridized carbons (Fsp3) is 0.571. The summed E-state index contributed by atoms with van der Waals surface area (Å²) in [6, 6.07) is 10.7. The number of carbonyl (C=O) groups is 1. The molecule has 2 aliphatic rings. The highest BCUT2D eigenvalue weighted by Gasteiger charge is 2.25. The minimum absolute atomic E-state index is 0.199. The molecule has 1 amide bonds. The lowest BCUT2D eigenvalue weighted by Crippen LogP contribution is -2.43. The molecule has 1 atom stereocenters. The van der Waals surface area contributed by atoms with Crippen LogP contribution in [-0.4, -0.2) is 70.2 Å². The van der Waals surface area contributed by atoms with Gasteiger partial charge in [0.15, 0.2) is 5.16 Å². The van der Waals surface area contributed by atoms with E-state index in [-0.39, 0.29) is 5.91 Å². The molecular weight excluding hydrogens is 386 g/mol. The number of hydrogen-bond acceptors (Lipinski definition) is 6. The first-order valence-electron chi connectivity index (χ1n) is 10.4. The fourth-order valence-electron chi connectivity index (χ4n) is 3.97. The number of amides is 1. The summed E-state index contributed by atoms with van der Waals surface area (Å²) >= 11 is 1.50. The summed E-state index contributed by atoms with van der Waals surface area (Å²) < 4.78 is 7.62. The maximum Gasteiger partial charge on any atom is 0.233 e. The van der Waals surface area contributed by atoms with Gasteiger partial charge in [0.2, 0.25) is 11.9 Å². The van der Waals surface area contributed by atoms with Crippen LogP contribution in [0.2, 0.25) is 0 Å². The molecule has 2 fully saturated rings. The van der Waals surface area contributed by atoms with Gasteiger partial charge >= 0.3 is 0 Å². The minimum Gasteiger partial charge on any atom is -0.378 e. The zero-order chi connectivity index (χ0) is 20.1. The molecule has 2 aromatic rings. The van der Waals surface area contributed by atoms with Crippen molar-refractivity contribution in [2.45, 2.75) is 43.9 Å². The molecule has 0 bridgehead atoms. The summed E-state index contributed by atoms with van der Waals surface area (Å²) in [7, 11) is 0. The van der Waals surface area contributed by atoms with Crippen LogP contribution in [0, 0.1) is 0 Å². The number of carbonyl (C=O) groups excluding carboxylic acids is 1. The molecule has 0 spiro atoms. The molecule has 8 heteroatoms. The Morgan fingerprint density at radius 3 is 2.69 bits per heavy atom. The van der Waals surface area contributed by atoms with Gasteiger partial charge in [-0.25, -0.2) is 0 Å². The van der Waals surface area contributed by atoms with Gasteiger partial charge < -0.3 is 14.5 Å². The molecule has 0 aliphatic carbocycles. The van der Waals surface area contributed by atoms with Crippen LogP contribution < -0.4 is 4.90 Å². The van der Waals surface area contributed by atoms with E-state index in [4.69, 9.17) is 4.74 Å². The third-order valence-electron chi connectivity index (χ3n) is 5.62. The van der Waals surface area contributed by atoms with Crippen molar-refractivity contribution in [3.05, 3.63) is 35.9 Å². The van der Waals surface area contributed by atoms with Crippen LogP contribution in [0.25, 0.3) is 0 Å². The zero-order valence-corrected chi connectivity index (χ0v) is 17.8. The maximum atomic E-state index is 12.8. The Balaban J connectivity index is 1.50. The number of aromatic nitrogens is 3. The van der Waals surface area contributed by atoms with E-state index in [0.29, 0.717) is 31.6 Å². The van der Waals surface area contributed by atoms with E-state index >= 15 is 0 Å². The van der Waals surface area contributed by atoms with Crippen LogP contribution in [0.5, 0.6) is 0 Å². The van der Waals surface area contributed by atoms with E-state index in [1.807, 2.05) is 23.1 Å². The minimum atomic E-state index is 0.199. The van der Waals surface area contributed by atoms with Crippen molar-refractivity contribution in [2.75, 3.05) is 43.5 Å². The summed E-state index contributed by atoms with van der Waals surface area (Å²) in [6.07, 6.45) is 3.42. The number of benzene rings is 1. The molecule has 2 aliphatic heterocycles. The molecule has 29 heavy (non-hydrogen) atoms. The van der Waals surface area contributed by atoms with Gasteiger partial charge in [-0.1, -0.05) is 42.1 Å². The Morgan fingerprint density at radius 1 is 1.14 bits per heavy atom. The number of thioether (sulfide) groups is 1. The van der Waals surface area contributed by atoms with E-state index < -0.39 is 0 Å². The van der Waals surface area contributed by atoms with Crippen molar-refractivity contribution < 1.29 is 9.53 Å². The number of nitrogens with zero attached hydrogens (tertiary/aromatic N) is 5. The van der Waals surface area contributed by atoms with Crippen LogP contribution in [-0.2, 0) is 16.1 Å². The molecule has 1 aromatic heterocycles. The van der Waals surface area contributed by atoms with Gasteiger partial charge in [-0.15, -0.1) is 10.2 Å². The molecule has 156 valence electrons. The quantitative estimate of drug-likeness (QED) is 0.676. The van der Waals surface area contributed by atoms with Gasteiger partial charge in [0, 0.05) is 25.7 Å². The van der Waals surface area contributed by atoms with E-state index in [0.717, 1.165) is 43.6 Å². The lowest BCUT2D eigenvalue weighted by atomic mass is 10.0. The third kappa shape index (κ3) is 4.93. The first-order chi connectivity index (χ1) is 14.2. The SMILES string of the molecule is C[C@H]1CCCCN1C(=O)CSc1nnc(N2CCOCC2)n1Cc1ccccc1. The number of likely N-dealkylation sites (tertiary alicyclic amines) is 1. The molecule has 2 saturated heterocycles. The molecule has 0 N–H and O–H groups in total. The Morgan fingerprint density at radius 2 is 1.93 bits per heavy atom. The number of rotatable bonds is 6. The third-order valence-corrected chi connectivity index (χ3v) is 6.57.